The highest BCUT2D eigenvalue weighted by Crippen LogP contribution is 2.28. The molecule has 2 rings (SSSR count). The van der Waals surface area contributed by atoms with Crippen LogP contribution in [0.25, 0.3) is 0 Å². The molecule has 26 heavy (non-hydrogen) atoms. The minimum atomic E-state index is -0.496. The van der Waals surface area contributed by atoms with Crippen LogP contribution >= 0.6 is 15.9 Å². The molecule has 1 aliphatic heterocycles. The monoisotopic (exact) mass is 423 g/mol. The van der Waals surface area contributed by atoms with Gasteiger partial charge in [-0.3, -0.25) is 9.79 Å². The molecular weight excluding hydrogens is 394 g/mol. The first-order chi connectivity index (χ1) is 12.4. The van der Waals surface area contributed by atoms with E-state index in [0.717, 1.165) is 29.9 Å². The third-order valence-electron chi connectivity index (χ3n) is 4.60. The van der Waals surface area contributed by atoms with Gasteiger partial charge in [-0.1, -0.05) is 12.1 Å². The van der Waals surface area contributed by atoms with E-state index < -0.39 is 5.41 Å². The summed E-state index contributed by atoms with van der Waals surface area (Å²) in [6, 6.07) is 8.61. The quantitative estimate of drug-likeness (QED) is 0.485. The Hall–Kier alpha value is -1.76. The fourth-order valence-corrected chi connectivity index (χ4v) is 3.51. The summed E-state index contributed by atoms with van der Waals surface area (Å²) >= 11 is 3.63. The molecule has 1 heterocycles. The van der Waals surface area contributed by atoms with Crippen LogP contribution in [0.3, 0.4) is 0 Å². The van der Waals surface area contributed by atoms with E-state index in [0.29, 0.717) is 19.1 Å². The lowest BCUT2D eigenvalue weighted by Crippen LogP contribution is -2.50. The van der Waals surface area contributed by atoms with Gasteiger partial charge in [0.25, 0.3) is 0 Å². The topological polar surface area (TPSA) is 68.8 Å². The summed E-state index contributed by atoms with van der Waals surface area (Å²) in [7, 11) is 1.76. The van der Waals surface area contributed by atoms with Gasteiger partial charge in [0.05, 0.1) is 11.1 Å². The van der Waals surface area contributed by atoms with Gasteiger partial charge >= 0.3 is 0 Å². The molecule has 0 aliphatic carbocycles. The van der Waals surface area contributed by atoms with E-state index in [1.165, 1.54) is 5.69 Å². The zero-order chi connectivity index (χ0) is 19.2. The maximum atomic E-state index is 12.1. The molecule has 3 N–H and O–H groups in total. The maximum absolute atomic E-state index is 12.1. The molecular formula is C19H30BrN5O. The van der Waals surface area contributed by atoms with Gasteiger partial charge in [-0.05, 0) is 55.3 Å². The smallest absolute Gasteiger partial charge is 0.227 e. The number of guanidine groups is 1. The van der Waals surface area contributed by atoms with E-state index in [4.69, 9.17) is 0 Å². The normalized spacial score (nSPS) is 18.0. The molecule has 1 amide bonds. The number of halogens is 1. The number of nitrogens with zero attached hydrogens (tertiary/aromatic N) is 2. The van der Waals surface area contributed by atoms with E-state index in [9.17, 15) is 4.79 Å². The number of hydrogen-bond acceptors (Lipinski definition) is 3. The van der Waals surface area contributed by atoms with Crippen molar-refractivity contribution in [1.29, 1.82) is 0 Å². The van der Waals surface area contributed by atoms with Crippen molar-refractivity contribution in [3.8, 4) is 0 Å². The fourth-order valence-electron chi connectivity index (χ4n) is 2.98. The average molecular weight is 424 g/mol. The van der Waals surface area contributed by atoms with E-state index in [2.05, 4.69) is 60.0 Å². The zero-order valence-electron chi connectivity index (χ0n) is 16.1. The first-order valence-corrected chi connectivity index (χ1v) is 9.91. The fraction of sp³-hybridized carbons (Fsp3) is 0.579. The van der Waals surface area contributed by atoms with Crippen molar-refractivity contribution in [3.63, 3.8) is 0 Å². The highest BCUT2D eigenvalue weighted by atomic mass is 79.9. The van der Waals surface area contributed by atoms with Crippen LogP contribution in [0.1, 0.15) is 27.2 Å². The van der Waals surface area contributed by atoms with Crippen molar-refractivity contribution in [2.24, 2.45) is 10.4 Å². The van der Waals surface area contributed by atoms with Gasteiger partial charge in [0, 0.05) is 43.7 Å². The van der Waals surface area contributed by atoms with Gasteiger partial charge < -0.3 is 20.9 Å². The first kappa shape index (κ1) is 20.6. The number of carbonyl (C=O) groups is 1. The van der Waals surface area contributed by atoms with Crippen molar-refractivity contribution in [2.75, 3.05) is 38.1 Å². The molecule has 1 atom stereocenters. The highest BCUT2D eigenvalue weighted by Gasteiger charge is 2.28. The van der Waals surface area contributed by atoms with E-state index in [1.807, 2.05) is 26.8 Å². The van der Waals surface area contributed by atoms with Gasteiger partial charge in [0.1, 0.15) is 0 Å². The van der Waals surface area contributed by atoms with Crippen molar-refractivity contribution >= 4 is 33.5 Å². The number of hydrogen-bond donors (Lipinski definition) is 3. The molecule has 1 aromatic rings. The van der Waals surface area contributed by atoms with Crippen LogP contribution < -0.4 is 20.9 Å². The van der Waals surface area contributed by atoms with Crippen LogP contribution in [0.4, 0.5) is 5.69 Å². The van der Waals surface area contributed by atoms with Crippen LogP contribution in [0.5, 0.6) is 0 Å². The summed E-state index contributed by atoms with van der Waals surface area (Å²) in [6.07, 6.45) is 1.04. The Bertz CT molecular complexity index is 647. The zero-order valence-corrected chi connectivity index (χ0v) is 17.7. The Morgan fingerprint density at radius 1 is 1.35 bits per heavy atom. The van der Waals surface area contributed by atoms with E-state index >= 15 is 0 Å². The van der Waals surface area contributed by atoms with Crippen molar-refractivity contribution in [3.05, 3.63) is 28.7 Å². The second kappa shape index (κ2) is 9.26. The molecule has 7 heteroatoms. The summed E-state index contributed by atoms with van der Waals surface area (Å²) in [5, 5.41) is 9.65. The highest BCUT2D eigenvalue weighted by molar-refractivity contribution is 9.10. The first-order valence-electron chi connectivity index (χ1n) is 9.12. The maximum Gasteiger partial charge on any atom is 0.227 e. The Labute approximate surface area is 165 Å². The Kier molecular flexibility index (Phi) is 7.32. The number of nitrogens with one attached hydrogen (secondary N) is 3. The SMILES string of the molecule is CCNC(=O)C(C)(C)CNC(=NC)NC1CCN(c2ccccc2Br)C1. The number of anilines is 1. The Balaban J connectivity index is 1.87. The molecule has 144 valence electrons. The molecule has 0 aromatic heterocycles. The standard InChI is InChI=1S/C19H30BrN5O/c1-5-22-17(26)19(2,3)13-23-18(21-4)24-14-10-11-25(12-14)16-9-7-6-8-15(16)20/h6-9,14H,5,10-13H2,1-4H3,(H,22,26)(H2,21,23,24). The lowest BCUT2D eigenvalue weighted by atomic mass is 9.92. The lowest BCUT2D eigenvalue weighted by molar-refractivity contribution is -0.128. The van der Waals surface area contributed by atoms with Crippen molar-refractivity contribution in [1.82, 2.24) is 16.0 Å². The Morgan fingerprint density at radius 3 is 2.73 bits per heavy atom. The van der Waals surface area contributed by atoms with Crippen molar-refractivity contribution < 1.29 is 4.79 Å². The largest absolute Gasteiger partial charge is 0.368 e. The molecule has 6 nitrogen and oxygen atoms in total. The molecule has 1 saturated heterocycles. The molecule has 0 spiro atoms. The number of aliphatic imine (C=N–C) groups is 1. The Morgan fingerprint density at radius 2 is 2.08 bits per heavy atom. The van der Waals surface area contributed by atoms with Crippen LogP contribution in [-0.4, -0.2) is 51.1 Å². The second-order valence-electron chi connectivity index (χ2n) is 7.20. The summed E-state index contributed by atoms with van der Waals surface area (Å²) in [5.74, 6) is 0.783. The molecule has 0 saturated carbocycles. The van der Waals surface area contributed by atoms with Crippen LogP contribution in [0.15, 0.2) is 33.7 Å². The second-order valence-corrected chi connectivity index (χ2v) is 8.05. The van der Waals surface area contributed by atoms with E-state index in [-0.39, 0.29) is 5.91 Å². The summed E-state index contributed by atoms with van der Waals surface area (Å²) in [5.41, 5.74) is 0.724. The van der Waals surface area contributed by atoms with E-state index in [1.54, 1.807) is 7.05 Å². The molecule has 1 fully saturated rings. The number of para-hydroxylation sites is 1. The molecule has 1 aromatic carbocycles. The predicted molar refractivity (Wildman–Crippen MR) is 112 cm³/mol. The van der Waals surface area contributed by atoms with Gasteiger partial charge in [0.2, 0.25) is 5.91 Å². The lowest BCUT2D eigenvalue weighted by Gasteiger charge is -2.26. The molecule has 1 aliphatic rings. The van der Waals surface area contributed by atoms with Gasteiger partial charge in [0.15, 0.2) is 5.96 Å². The summed E-state index contributed by atoms with van der Waals surface area (Å²) < 4.78 is 1.12. The summed E-state index contributed by atoms with van der Waals surface area (Å²) in [4.78, 5) is 18.8. The minimum Gasteiger partial charge on any atom is -0.368 e. The summed E-state index contributed by atoms with van der Waals surface area (Å²) in [6.45, 7) is 8.88. The third kappa shape index (κ3) is 5.37. The van der Waals surface area contributed by atoms with Crippen LogP contribution in [0.2, 0.25) is 0 Å². The van der Waals surface area contributed by atoms with Crippen LogP contribution in [0, 0.1) is 5.41 Å². The number of rotatable bonds is 6. The number of benzene rings is 1. The molecule has 1 unspecified atom stereocenters. The number of carbonyl (C=O) groups excluding carboxylic acids is 1. The third-order valence-corrected chi connectivity index (χ3v) is 5.27. The molecule has 0 bridgehead atoms. The van der Waals surface area contributed by atoms with Gasteiger partial charge in [-0.15, -0.1) is 0 Å². The van der Waals surface area contributed by atoms with Crippen molar-refractivity contribution in [2.45, 2.75) is 33.2 Å². The average Bonchev–Trinajstić information content (AvgIpc) is 3.07. The number of amides is 1. The van der Waals surface area contributed by atoms with Crippen LogP contribution in [-0.2, 0) is 4.79 Å². The predicted octanol–water partition coefficient (Wildman–Crippen LogP) is 2.36. The molecule has 0 radical (unpaired) electrons. The van der Waals surface area contributed by atoms with Gasteiger partial charge in [-0.2, -0.15) is 0 Å². The van der Waals surface area contributed by atoms with Gasteiger partial charge in [-0.25, -0.2) is 0 Å². The minimum absolute atomic E-state index is 0.0453.